The zero-order chi connectivity index (χ0) is 10.4. The van der Waals surface area contributed by atoms with Crippen molar-refractivity contribution in [2.45, 2.75) is 45.6 Å². The fraction of sp³-hybridized carbons (Fsp3) is 0.909. The van der Waals surface area contributed by atoms with Crippen LogP contribution in [0.25, 0.3) is 0 Å². The molecule has 1 rings (SSSR count). The number of unbranched alkanes of at least 4 members (excludes halogenated alkanes) is 2. The van der Waals surface area contributed by atoms with E-state index in [0.29, 0.717) is 11.9 Å². The van der Waals surface area contributed by atoms with Gasteiger partial charge in [-0.15, -0.1) is 0 Å². The van der Waals surface area contributed by atoms with Gasteiger partial charge in [0.15, 0.2) is 0 Å². The minimum Gasteiger partial charge on any atom is -0.337 e. The molecule has 1 atom stereocenters. The van der Waals surface area contributed by atoms with E-state index in [-0.39, 0.29) is 0 Å². The highest BCUT2D eigenvalue weighted by Gasteiger charge is 2.21. The van der Waals surface area contributed by atoms with Crippen LogP contribution in [0.4, 0.5) is 0 Å². The van der Waals surface area contributed by atoms with Crippen LogP contribution >= 0.6 is 0 Å². The van der Waals surface area contributed by atoms with Crippen molar-refractivity contribution in [1.82, 2.24) is 10.2 Å². The van der Waals surface area contributed by atoms with Gasteiger partial charge in [-0.25, -0.2) is 0 Å². The molecule has 0 bridgehead atoms. The maximum Gasteiger partial charge on any atom is 0.222 e. The minimum atomic E-state index is 0.340. The van der Waals surface area contributed by atoms with E-state index in [1.807, 2.05) is 4.90 Å². The fourth-order valence-electron chi connectivity index (χ4n) is 1.88. The van der Waals surface area contributed by atoms with Gasteiger partial charge >= 0.3 is 0 Å². The predicted octanol–water partition coefficient (Wildman–Crippen LogP) is 1.39. The molecule has 0 aromatic carbocycles. The Kier molecular flexibility index (Phi) is 4.94. The van der Waals surface area contributed by atoms with Gasteiger partial charge in [0.2, 0.25) is 5.91 Å². The molecule has 0 unspecified atom stereocenters. The first-order valence-corrected chi connectivity index (χ1v) is 5.76. The molecule has 0 aliphatic carbocycles. The van der Waals surface area contributed by atoms with Gasteiger partial charge in [-0.3, -0.25) is 4.79 Å². The Morgan fingerprint density at radius 3 is 2.93 bits per heavy atom. The van der Waals surface area contributed by atoms with Crippen molar-refractivity contribution in [2.24, 2.45) is 0 Å². The lowest BCUT2D eigenvalue weighted by atomic mass is 10.1. The molecule has 1 amide bonds. The molecule has 1 aliphatic heterocycles. The van der Waals surface area contributed by atoms with Crippen molar-refractivity contribution in [3.05, 3.63) is 0 Å². The molecular weight excluding hydrogens is 176 g/mol. The van der Waals surface area contributed by atoms with E-state index in [4.69, 9.17) is 0 Å². The number of nitrogens with zero attached hydrogens (tertiary/aromatic N) is 1. The number of piperazine rings is 1. The Balaban J connectivity index is 2.27. The second-order valence-electron chi connectivity index (χ2n) is 4.10. The lowest BCUT2D eigenvalue weighted by Gasteiger charge is -2.34. The summed E-state index contributed by atoms with van der Waals surface area (Å²) in [6, 6.07) is 0.373. The smallest absolute Gasteiger partial charge is 0.222 e. The maximum atomic E-state index is 11.8. The zero-order valence-corrected chi connectivity index (χ0v) is 9.38. The third-order valence-electron chi connectivity index (χ3n) is 2.82. The lowest BCUT2D eigenvalue weighted by Crippen LogP contribution is -2.52. The molecule has 0 radical (unpaired) electrons. The quantitative estimate of drug-likeness (QED) is 0.692. The van der Waals surface area contributed by atoms with Gasteiger partial charge in [-0.1, -0.05) is 19.8 Å². The normalized spacial score (nSPS) is 22.4. The summed E-state index contributed by atoms with van der Waals surface area (Å²) >= 11 is 0. The monoisotopic (exact) mass is 198 g/mol. The Morgan fingerprint density at radius 1 is 1.50 bits per heavy atom. The van der Waals surface area contributed by atoms with E-state index in [9.17, 15) is 4.79 Å². The molecule has 0 saturated carbocycles. The van der Waals surface area contributed by atoms with Crippen LogP contribution in [0.15, 0.2) is 0 Å². The van der Waals surface area contributed by atoms with Crippen LogP contribution in [-0.4, -0.2) is 36.5 Å². The minimum absolute atomic E-state index is 0.340. The molecule has 1 fully saturated rings. The summed E-state index contributed by atoms with van der Waals surface area (Å²) < 4.78 is 0. The highest BCUT2D eigenvalue weighted by Crippen LogP contribution is 2.08. The van der Waals surface area contributed by atoms with Crippen molar-refractivity contribution in [2.75, 3.05) is 19.6 Å². The third kappa shape index (κ3) is 3.29. The number of carbonyl (C=O) groups excluding carboxylic acids is 1. The molecule has 3 heteroatoms. The van der Waals surface area contributed by atoms with E-state index >= 15 is 0 Å². The van der Waals surface area contributed by atoms with Crippen molar-refractivity contribution < 1.29 is 4.79 Å². The van der Waals surface area contributed by atoms with Gasteiger partial charge in [0.25, 0.3) is 0 Å². The van der Waals surface area contributed by atoms with E-state index in [0.717, 1.165) is 32.5 Å². The summed E-state index contributed by atoms with van der Waals surface area (Å²) in [7, 11) is 0. The van der Waals surface area contributed by atoms with Gasteiger partial charge < -0.3 is 10.2 Å². The molecule has 0 aromatic heterocycles. The average Bonchev–Trinajstić information content (AvgIpc) is 2.18. The fourth-order valence-corrected chi connectivity index (χ4v) is 1.88. The van der Waals surface area contributed by atoms with Gasteiger partial charge in [-0.2, -0.15) is 0 Å². The molecule has 1 N–H and O–H groups in total. The number of rotatable bonds is 4. The van der Waals surface area contributed by atoms with Crippen molar-refractivity contribution in [3.8, 4) is 0 Å². The Labute approximate surface area is 86.9 Å². The third-order valence-corrected chi connectivity index (χ3v) is 2.82. The molecule has 0 spiro atoms. The van der Waals surface area contributed by atoms with E-state index in [2.05, 4.69) is 19.2 Å². The average molecular weight is 198 g/mol. The molecule has 14 heavy (non-hydrogen) atoms. The standard InChI is InChI=1S/C11H22N2O/c1-3-4-5-6-11(14)13-8-7-12-9-10(13)2/h10,12H,3-9H2,1-2H3/t10-/m1/s1. The largest absolute Gasteiger partial charge is 0.337 e. The number of hydrogen-bond acceptors (Lipinski definition) is 2. The first-order chi connectivity index (χ1) is 6.75. The van der Waals surface area contributed by atoms with Crippen LogP contribution in [0, 0.1) is 0 Å². The second-order valence-corrected chi connectivity index (χ2v) is 4.10. The molecular formula is C11H22N2O. The lowest BCUT2D eigenvalue weighted by molar-refractivity contribution is -0.134. The summed E-state index contributed by atoms with van der Waals surface area (Å²) in [6.45, 7) is 7.05. The van der Waals surface area contributed by atoms with Crippen LogP contribution in [0.1, 0.15) is 39.5 Å². The van der Waals surface area contributed by atoms with Crippen LogP contribution < -0.4 is 5.32 Å². The number of nitrogens with one attached hydrogen (secondary N) is 1. The predicted molar refractivity (Wildman–Crippen MR) is 58.2 cm³/mol. The summed E-state index contributed by atoms with van der Waals surface area (Å²) in [5, 5.41) is 3.29. The van der Waals surface area contributed by atoms with Gasteiger partial charge in [0.05, 0.1) is 0 Å². The molecule has 1 heterocycles. The second kappa shape index (κ2) is 6.02. The van der Waals surface area contributed by atoms with Crippen molar-refractivity contribution in [3.63, 3.8) is 0 Å². The zero-order valence-electron chi connectivity index (χ0n) is 9.38. The van der Waals surface area contributed by atoms with Crippen LogP contribution in [0.5, 0.6) is 0 Å². The van der Waals surface area contributed by atoms with Crippen LogP contribution in [-0.2, 0) is 4.79 Å². The van der Waals surface area contributed by atoms with E-state index < -0.39 is 0 Å². The molecule has 3 nitrogen and oxygen atoms in total. The molecule has 1 saturated heterocycles. The highest BCUT2D eigenvalue weighted by molar-refractivity contribution is 5.76. The first kappa shape index (κ1) is 11.5. The van der Waals surface area contributed by atoms with Gasteiger partial charge in [-0.05, 0) is 13.3 Å². The van der Waals surface area contributed by atoms with E-state index in [1.165, 1.54) is 12.8 Å². The number of amides is 1. The number of hydrogen-bond donors (Lipinski definition) is 1. The van der Waals surface area contributed by atoms with Crippen molar-refractivity contribution in [1.29, 1.82) is 0 Å². The van der Waals surface area contributed by atoms with Crippen LogP contribution in [0.3, 0.4) is 0 Å². The summed E-state index contributed by atoms with van der Waals surface area (Å²) in [4.78, 5) is 13.8. The van der Waals surface area contributed by atoms with Crippen molar-refractivity contribution >= 4 is 5.91 Å². The SMILES string of the molecule is CCCCCC(=O)N1CCNC[C@H]1C. The van der Waals surface area contributed by atoms with Gasteiger partial charge in [0.1, 0.15) is 0 Å². The molecule has 1 aliphatic rings. The number of carbonyl (C=O) groups is 1. The first-order valence-electron chi connectivity index (χ1n) is 5.76. The summed E-state index contributed by atoms with van der Waals surface area (Å²) in [5.74, 6) is 0.340. The van der Waals surface area contributed by atoms with Crippen LogP contribution in [0.2, 0.25) is 0 Å². The Hall–Kier alpha value is -0.570. The maximum absolute atomic E-state index is 11.8. The molecule has 82 valence electrons. The highest BCUT2D eigenvalue weighted by atomic mass is 16.2. The summed E-state index contributed by atoms with van der Waals surface area (Å²) in [6.07, 6.45) is 4.14. The Bertz CT molecular complexity index is 182. The Morgan fingerprint density at radius 2 is 2.29 bits per heavy atom. The molecule has 0 aromatic rings. The summed E-state index contributed by atoms with van der Waals surface area (Å²) in [5.41, 5.74) is 0. The topological polar surface area (TPSA) is 32.3 Å². The van der Waals surface area contributed by atoms with Gasteiger partial charge in [0, 0.05) is 32.1 Å². The van der Waals surface area contributed by atoms with E-state index in [1.54, 1.807) is 0 Å².